The molecule has 2 heterocycles. The van der Waals surface area contributed by atoms with Crippen molar-refractivity contribution in [2.75, 3.05) is 18.8 Å². The van der Waals surface area contributed by atoms with E-state index in [1.54, 1.807) is 17.5 Å². The van der Waals surface area contributed by atoms with Crippen LogP contribution in [0, 0.1) is 11.6 Å². The standard InChI is InChI=1S/C15H15F2NO4S3/c16-11-8-12(17)10-13(9-11)25(21,22)18-4-3-15(14-2-1-6-23-14)24(19,20)7-5-18/h1-2,6,8-10,15H,3-5,7H2. The number of hydrogen-bond acceptors (Lipinski definition) is 5. The molecule has 1 saturated heterocycles. The molecule has 1 aliphatic rings. The molecule has 1 unspecified atom stereocenters. The molecule has 1 aliphatic heterocycles. The second-order valence-corrected chi connectivity index (χ2v) is 10.9. The highest BCUT2D eigenvalue weighted by Gasteiger charge is 2.36. The summed E-state index contributed by atoms with van der Waals surface area (Å²) in [6.07, 6.45) is 0.0971. The highest BCUT2D eigenvalue weighted by Crippen LogP contribution is 2.33. The topological polar surface area (TPSA) is 71.5 Å². The predicted molar refractivity (Wildman–Crippen MR) is 90.6 cm³/mol. The zero-order valence-electron chi connectivity index (χ0n) is 12.9. The van der Waals surface area contributed by atoms with E-state index in [2.05, 4.69) is 0 Å². The second-order valence-electron chi connectivity index (χ2n) is 5.67. The molecule has 0 N–H and O–H groups in total. The van der Waals surface area contributed by atoms with Gasteiger partial charge in [0.2, 0.25) is 10.0 Å². The number of sulfonamides is 1. The van der Waals surface area contributed by atoms with Crippen molar-refractivity contribution in [1.29, 1.82) is 0 Å². The number of thiophene rings is 1. The Morgan fingerprint density at radius 3 is 2.40 bits per heavy atom. The van der Waals surface area contributed by atoms with Crippen molar-refractivity contribution in [3.05, 3.63) is 52.2 Å². The first-order chi connectivity index (χ1) is 11.7. The lowest BCUT2D eigenvalue weighted by atomic mass is 10.2. The third kappa shape index (κ3) is 3.76. The van der Waals surface area contributed by atoms with Gasteiger partial charge in [-0.05, 0) is 30.0 Å². The van der Waals surface area contributed by atoms with Crippen LogP contribution in [0.2, 0.25) is 0 Å². The van der Waals surface area contributed by atoms with E-state index >= 15 is 0 Å². The Bertz CT molecular complexity index is 952. The monoisotopic (exact) mass is 407 g/mol. The lowest BCUT2D eigenvalue weighted by molar-refractivity contribution is 0.427. The van der Waals surface area contributed by atoms with E-state index in [0.29, 0.717) is 10.9 Å². The van der Waals surface area contributed by atoms with E-state index in [4.69, 9.17) is 0 Å². The molecule has 2 aromatic rings. The van der Waals surface area contributed by atoms with Crippen molar-refractivity contribution in [3.63, 3.8) is 0 Å². The van der Waals surface area contributed by atoms with Gasteiger partial charge in [-0.3, -0.25) is 0 Å². The highest BCUT2D eigenvalue weighted by atomic mass is 32.2. The number of halogens is 2. The summed E-state index contributed by atoms with van der Waals surface area (Å²) in [5.41, 5.74) is 0. The molecule has 0 spiro atoms. The van der Waals surface area contributed by atoms with Crippen LogP contribution in [0.1, 0.15) is 16.5 Å². The minimum atomic E-state index is -4.18. The van der Waals surface area contributed by atoms with Crippen molar-refractivity contribution in [1.82, 2.24) is 4.31 Å². The van der Waals surface area contributed by atoms with Gasteiger partial charge in [0, 0.05) is 24.0 Å². The van der Waals surface area contributed by atoms with E-state index in [1.165, 1.54) is 11.3 Å². The Kier molecular flexibility index (Phi) is 4.97. The summed E-state index contributed by atoms with van der Waals surface area (Å²) in [7, 11) is -7.70. The average molecular weight is 407 g/mol. The van der Waals surface area contributed by atoms with Crippen molar-refractivity contribution >= 4 is 31.2 Å². The smallest absolute Gasteiger partial charge is 0.228 e. The molecule has 25 heavy (non-hydrogen) atoms. The zero-order valence-corrected chi connectivity index (χ0v) is 15.4. The predicted octanol–water partition coefficient (Wildman–Crippen LogP) is 2.58. The number of hydrogen-bond donors (Lipinski definition) is 0. The third-order valence-corrected chi connectivity index (χ3v) is 9.15. The summed E-state index contributed by atoms with van der Waals surface area (Å²) >= 11 is 1.30. The summed E-state index contributed by atoms with van der Waals surface area (Å²) in [6, 6.07) is 5.49. The largest absolute Gasteiger partial charge is 0.243 e. The van der Waals surface area contributed by atoms with Gasteiger partial charge in [-0.25, -0.2) is 25.6 Å². The van der Waals surface area contributed by atoms with Gasteiger partial charge in [0.15, 0.2) is 9.84 Å². The fourth-order valence-electron chi connectivity index (χ4n) is 2.78. The molecule has 1 aromatic carbocycles. The molecule has 0 radical (unpaired) electrons. The van der Waals surface area contributed by atoms with Crippen LogP contribution in [0.3, 0.4) is 0 Å². The quantitative estimate of drug-likeness (QED) is 0.784. The van der Waals surface area contributed by atoms with Gasteiger partial charge < -0.3 is 0 Å². The van der Waals surface area contributed by atoms with Crippen LogP contribution >= 0.6 is 11.3 Å². The molecule has 0 amide bonds. The number of benzene rings is 1. The molecule has 5 nitrogen and oxygen atoms in total. The summed E-state index contributed by atoms with van der Waals surface area (Å²) in [4.78, 5) is 0.146. The van der Waals surface area contributed by atoms with E-state index in [1.807, 2.05) is 0 Å². The van der Waals surface area contributed by atoms with Gasteiger partial charge in [0.1, 0.15) is 11.6 Å². The lowest BCUT2D eigenvalue weighted by Crippen LogP contribution is -2.33. The molecule has 3 rings (SSSR count). The van der Waals surface area contributed by atoms with Gasteiger partial charge in [0.25, 0.3) is 0 Å². The Hall–Kier alpha value is -1.36. The molecular formula is C15H15F2NO4S3. The average Bonchev–Trinajstić information content (AvgIpc) is 2.97. The van der Waals surface area contributed by atoms with Crippen molar-refractivity contribution in [2.45, 2.75) is 16.6 Å². The van der Waals surface area contributed by atoms with Crippen LogP contribution in [0.25, 0.3) is 0 Å². The van der Waals surface area contributed by atoms with Gasteiger partial charge in [-0.15, -0.1) is 11.3 Å². The maximum atomic E-state index is 13.4. The molecule has 0 aliphatic carbocycles. The second kappa shape index (κ2) is 6.75. The summed E-state index contributed by atoms with van der Waals surface area (Å²) < 4.78 is 78.0. The normalized spacial score (nSPS) is 21.8. The fourth-order valence-corrected chi connectivity index (χ4v) is 7.40. The zero-order chi connectivity index (χ0) is 18.2. The van der Waals surface area contributed by atoms with Crippen LogP contribution in [0.4, 0.5) is 8.78 Å². The Morgan fingerprint density at radius 2 is 1.80 bits per heavy atom. The SMILES string of the molecule is O=S1(=O)CCN(S(=O)(=O)c2cc(F)cc(F)c2)CCC1c1cccs1. The Labute approximate surface area is 148 Å². The van der Waals surface area contributed by atoms with Crippen LogP contribution in [0.15, 0.2) is 40.6 Å². The van der Waals surface area contributed by atoms with Crippen molar-refractivity contribution in [2.24, 2.45) is 0 Å². The van der Waals surface area contributed by atoms with Crippen LogP contribution in [-0.2, 0) is 19.9 Å². The Balaban J connectivity index is 1.92. The minimum absolute atomic E-state index is 0.0394. The minimum Gasteiger partial charge on any atom is -0.228 e. The maximum absolute atomic E-state index is 13.4. The first-order valence-electron chi connectivity index (χ1n) is 7.41. The fraction of sp³-hybridized carbons (Fsp3) is 0.333. The third-order valence-electron chi connectivity index (χ3n) is 4.03. The molecule has 136 valence electrons. The first kappa shape index (κ1) is 18.4. The lowest BCUT2D eigenvalue weighted by Gasteiger charge is -2.19. The molecule has 0 bridgehead atoms. The van der Waals surface area contributed by atoms with Gasteiger partial charge in [-0.1, -0.05) is 6.07 Å². The van der Waals surface area contributed by atoms with Crippen molar-refractivity contribution in [3.8, 4) is 0 Å². The summed E-state index contributed by atoms with van der Waals surface area (Å²) in [5.74, 6) is -2.35. The van der Waals surface area contributed by atoms with E-state index < -0.39 is 41.6 Å². The van der Waals surface area contributed by atoms with Gasteiger partial charge in [0.05, 0.1) is 15.9 Å². The molecule has 0 saturated carbocycles. The van der Waals surface area contributed by atoms with E-state index in [0.717, 1.165) is 16.4 Å². The van der Waals surface area contributed by atoms with Gasteiger partial charge >= 0.3 is 0 Å². The number of nitrogens with zero attached hydrogens (tertiary/aromatic N) is 1. The molecule has 1 fully saturated rings. The van der Waals surface area contributed by atoms with Crippen LogP contribution in [-0.4, -0.2) is 40.0 Å². The van der Waals surface area contributed by atoms with Crippen molar-refractivity contribution < 1.29 is 25.6 Å². The van der Waals surface area contributed by atoms with Crippen LogP contribution < -0.4 is 0 Å². The van der Waals surface area contributed by atoms with E-state index in [-0.39, 0.29) is 25.3 Å². The molecule has 1 aromatic heterocycles. The Morgan fingerprint density at radius 1 is 1.12 bits per heavy atom. The number of rotatable bonds is 3. The maximum Gasteiger partial charge on any atom is 0.243 e. The molecule has 10 heteroatoms. The summed E-state index contributed by atoms with van der Waals surface area (Å²) in [5, 5.41) is 0.997. The van der Waals surface area contributed by atoms with E-state index in [9.17, 15) is 25.6 Å². The molecular weight excluding hydrogens is 392 g/mol. The summed E-state index contributed by atoms with van der Waals surface area (Å²) in [6.45, 7) is -0.285. The number of sulfone groups is 1. The van der Waals surface area contributed by atoms with Gasteiger partial charge in [-0.2, -0.15) is 4.31 Å². The highest BCUT2D eigenvalue weighted by molar-refractivity contribution is 7.92. The molecule has 1 atom stereocenters. The first-order valence-corrected chi connectivity index (χ1v) is 11.4. The van der Waals surface area contributed by atoms with Crippen LogP contribution in [0.5, 0.6) is 0 Å².